The van der Waals surface area contributed by atoms with Crippen LogP contribution in [-0.2, 0) is 4.79 Å². The number of carbonyl (C=O) groups excluding carboxylic acids is 1. The summed E-state index contributed by atoms with van der Waals surface area (Å²) >= 11 is 1.48. The Bertz CT molecular complexity index is 635. The molecule has 1 amide bonds. The molecule has 0 unspecified atom stereocenters. The first-order valence-electron chi connectivity index (χ1n) is 7.65. The van der Waals surface area contributed by atoms with E-state index >= 15 is 0 Å². The number of nitrogens with one attached hydrogen (secondary N) is 2. The highest BCUT2D eigenvalue weighted by Crippen LogP contribution is 2.44. The van der Waals surface area contributed by atoms with Gasteiger partial charge in [-0.3, -0.25) is 4.79 Å². The van der Waals surface area contributed by atoms with Gasteiger partial charge in [-0.05, 0) is 43.2 Å². The van der Waals surface area contributed by atoms with Gasteiger partial charge in [-0.25, -0.2) is 4.98 Å². The average Bonchev–Trinajstić information content (AvgIpc) is 3.19. The Balaban J connectivity index is 1.32. The van der Waals surface area contributed by atoms with Crippen LogP contribution in [0.15, 0.2) is 29.4 Å². The molecule has 0 aliphatic heterocycles. The van der Waals surface area contributed by atoms with Crippen molar-refractivity contribution < 1.29 is 4.79 Å². The second-order valence-corrected chi connectivity index (χ2v) is 7.16. The first kappa shape index (κ1) is 13.2. The lowest BCUT2D eigenvalue weighted by atomic mass is 9.95. The summed E-state index contributed by atoms with van der Waals surface area (Å²) in [5, 5.41) is 4.03. The second-order valence-electron chi connectivity index (χ2n) is 6.20. The molecule has 2 N–H and O–H groups in total. The molecule has 2 aliphatic rings. The number of nitrogens with zero attached hydrogens (tertiary/aromatic N) is 1. The first-order valence-corrected chi connectivity index (χ1v) is 8.63. The summed E-state index contributed by atoms with van der Waals surface area (Å²) in [4.78, 5) is 19.8. The molecule has 2 aliphatic carbocycles. The average molecular weight is 301 g/mol. The molecule has 110 valence electrons. The summed E-state index contributed by atoms with van der Waals surface area (Å²) in [7, 11) is 0. The smallest absolute Gasteiger partial charge is 0.230 e. The number of hydrogen-bond donors (Lipinski definition) is 2. The predicted molar refractivity (Wildman–Crippen MR) is 84.2 cm³/mol. The highest BCUT2D eigenvalue weighted by Gasteiger charge is 2.39. The van der Waals surface area contributed by atoms with Crippen LogP contribution in [0.25, 0.3) is 11.0 Å². The third kappa shape index (κ3) is 2.67. The standard InChI is InChI=1S/C16H19N3OS/c20-15(17-14-8-10-5-6-11(14)7-10)9-21-16-18-12-3-1-2-4-13(12)19-16/h1-4,10-11,14H,5-9H2,(H,17,20)(H,18,19)/t10-,11-,14-/m1/s1. The number of amides is 1. The molecule has 0 saturated heterocycles. The molecule has 5 heteroatoms. The fourth-order valence-electron chi connectivity index (χ4n) is 3.80. The molecule has 1 aromatic carbocycles. The van der Waals surface area contributed by atoms with Gasteiger partial charge in [0.2, 0.25) is 5.91 Å². The predicted octanol–water partition coefficient (Wildman–Crippen LogP) is 2.96. The molecule has 0 radical (unpaired) electrons. The first-order chi connectivity index (χ1) is 10.3. The lowest BCUT2D eigenvalue weighted by Gasteiger charge is -2.22. The van der Waals surface area contributed by atoms with Crippen LogP contribution in [0.4, 0.5) is 0 Å². The van der Waals surface area contributed by atoms with E-state index in [0.717, 1.165) is 28.0 Å². The van der Waals surface area contributed by atoms with Gasteiger partial charge in [-0.15, -0.1) is 0 Å². The van der Waals surface area contributed by atoms with E-state index in [4.69, 9.17) is 0 Å². The van der Waals surface area contributed by atoms with Crippen LogP contribution < -0.4 is 5.32 Å². The number of rotatable bonds is 4. The Labute approximate surface area is 128 Å². The van der Waals surface area contributed by atoms with E-state index in [1.807, 2.05) is 24.3 Å². The van der Waals surface area contributed by atoms with Crippen molar-refractivity contribution in [2.45, 2.75) is 36.9 Å². The van der Waals surface area contributed by atoms with Gasteiger partial charge in [0.1, 0.15) is 0 Å². The zero-order valence-electron chi connectivity index (χ0n) is 11.8. The van der Waals surface area contributed by atoms with Crippen molar-refractivity contribution in [2.75, 3.05) is 5.75 Å². The molecule has 2 saturated carbocycles. The van der Waals surface area contributed by atoms with Gasteiger partial charge in [0.25, 0.3) is 0 Å². The van der Waals surface area contributed by atoms with E-state index in [1.54, 1.807) is 0 Å². The van der Waals surface area contributed by atoms with Gasteiger partial charge in [0, 0.05) is 6.04 Å². The lowest BCUT2D eigenvalue weighted by molar-refractivity contribution is -0.119. The highest BCUT2D eigenvalue weighted by atomic mass is 32.2. The number of aromatic nitrogens is 2. The molecule has 2 fully saturated rings. The largest absolute Gasteiger partial charge is 0.352 e. The normalized spacial score (nSPS) is 27.3. The minimum absolute atomic E-state index is 0.137. The number of thioether (sulfide) groups is 1. The molecule has 1 aromatic heterocycles. The third-order valence-corrected chi connectivity index (χ3v) is 5.67. The summed E-state index contributed by atoms with van der Waals surface area (Å²) in [6, 6.07) is 8.36. The van der Waals surface area contributed by atoms with E-state index in [2.05, 4.69) is 15.3 Å². The van der Waals surface area contributed by atoms with Crippen LogP contribution in [-0.4, -0.2) is 27.7 Å². The SMILES string of the molecule is O=C(CSc1nc2ccccc2[nH]1)N[C@@H]1C[C@@H]2CC[C@@H]1C2. The molecule has 2 bridgehead atoms. The highest BCUT2D eigenvalue weighted by molar-refractivity contribution is 7.99. The molecule has 2 aromatic rings. The summed E-state index contributed by atoms with van der Waals surface area (Å²) in [5.74, 6) is 2.17. The van der Waals surface area contributed by atoms with Gasteiger partial charge >= 0.3 is 0 Å². The van der Waals surface area contributed by atoms with Gasteiger partial charge in [0.05, 0.1) is 16.8 Å². The van der Waals surface area contributed by atoms with E-state index in [1.165, 1.54) is 37.4 Å². The maximum absolute atomic E-state index is 12.1. The van der Waals surface area contributed by atoms with Crippen molar-refractivity contribution in [1.82, 2.24) is 15.3 Å². The summed E-state index contributed by atoms with van der Waals surface area (Å²) < 4.78 is 0. The minimum atomic E-state index is 0.137. The van der Waals surface area contributed by atoms with Crippen molar-refractivity contribution in [3.05, 3.63) is 24.3 Å². The maximum atomic E-state index is 12.1. The van der Waals surface area contributed by atoms with Crippen LogP contribution in [0.3, 0.4) is 0 Å². The Morgan fingerprint density at radius 2 is 2.24 bits per heavy atom. The number of benzene rings is 1. The zero-order valence-corrected chi connectivity index (χ0v) is 12.7. The van der Waals surface area contributed by atoms with Gasteiger partial charge in [0.15, 0.2) is 5.16 Å². The number of para-hydroxylation sites is 2. The van der Waals surface area contributed by atoms with Crippen molar-refractivity contribution >= 4 is 28.7 Å². The van der Waals surface area contributed by atoms with E-state index in [0.29, 0.717) is 11.8 Å². The zero-order chi connectivity index (χ0) is 14.2. The number of imidazole rings is 1. The van der Waals surface area contributed by atoms with E-state index in [9.17, 15) is 4.79 Å². The van der Waals surface area contributed by atoms with Crippen LogP contribution in [0, 0.1) is 11.8 Å². The summed E-state index contributed by atoms with van der Waals surface area (Å²) in [5.41, 5.74) is 1.97. The number of aromatic amines is 1. The number of hydrogen-bond acceptors (Lipinski definition) is 3. The van der Waals surface area contributed by atoms with Gasteiger partial charge in [-0.2, -0.15) is 0 Å². The fourth-order valence-corrected chi connectivity index (χ4v) is 4.50. The number of fused-ring (bicyclic) bond motifs is 3. The van der Waals surface area contributed by atoms with Crippen LogP contribution in [0.5, 0.6) is 0 Å². The van der Waals surface area contributed by atoms with Crippen molar-refractivity contribution in [3.8, 4) is 0 Å². The summed E-state index contributed by atoms with van der Waals surface area (Å²) in [6.07, 6.45) is 5.17. The van der Waals surface area contributed by atoms with Crippen molar-refractivity contribution in [1.29, 1.82) is 0 Å². The number of carbonyl (C=O) groups is 1. The Morgan fingerprint density at radius 3 is 3.00 bits per heavy atom. The minimum Gasteiger partial charge on any atom is -0.352 e. The Morgan fingerprint density at radius 1 is 1.33 bits per heavy atom. The molecular formula is C16H19N3OS. The maximum Gasteiger partial charge on any atom is 0.230 e. The molecule has 3 atom stereocenters. The molecule has 1 heterocycles. The quantitative estimate of drug-likeness (QED) is 0.854. The molecule has 21 heavy (non-hydrogen) atoms. The molecule has 4 nitrogen and oxygen atoms in total. The topological polar surface area (TPSA) is 57.8 Å². The van der Waals surface area contributed by atoms with E-state index < -0.39 is 0 Å². The van der Waals surface area contributed by atoms with E-state index in [-0.39, 0.29) is 5.91 Å². The van der Waals surface area contributed by atoms with Crippen LogP contribution >= 0.6 is 11.8 Å². The lowest BCUT2D eigenvalue weighted by Crippen LogP contribution is -2.39. The van der Waals surface area contributed by atoms with Crippen molar-refractivity contribution in [2.24, 2.45) is 11.8 Å². The number of H-pyrrole nitrogens is 1. The Hall–Kier alpha value is -1.49. The third-order valence-electron chi connectivity index (χ3n) is 4.79. The second kappa shape index (κ2) is 5.37. The Kier molecular flexibility index (Phi) is 3.37. The molecule has 4 rings (SSSR count). The fraction of sp³-hybridized carbons (Fsp3) is 0.500. The molecular weight excluding hydrogens is 282 g/mol. The van der Waals surface area contributed by atoms with Gasteiger partial charge in [-0.1, -0.05) is 30.3 Å². The molecule has 0 spiro atoms. The summed E-state index contributed by atoms with van der Waals surface area (Å²) in [6.45, 7) is 0. The van der Waals surface area contributed by atoms with Crippen molar-refractivity contribution in [3.63, 3.8) is 0 Å². The van der Waals surface area contributed by atoms with Crippen LogP contribution in [0.2, 0.25) is 0 Å². The monoisotopic (exact) mass is 301 g/mol. The van der Waals surface area contributed by atoms with Gasteiger partial charge < -0.3 is 10.3 Å². The van der Waals surface area contributed by atoms with Crippen LogP contribution in [0.1, 0.15) is 25.7 Å².